The van der Waals surface area contributed by atoms with Gasteiger partial charge >= 0.3 is 0 Å². The SMILES string of the molecule is C[C@H](Nc1nccc(CC(N)=O)n1)c1cc2cccc(Cl)c2[nH]c1=O. The Balaban J connectivity index is 1.90. The van der Waals surface area contributed by atoms with Crippen molar-refractivity contribution < 1.29 is 4.79 Å². The van der Waals surface area contributed by atoms with Crippen LogP contribution in [0, 0.1) is 0 Å². The molecule has 2 aromatic heterocycles. The minimum atomic E-state index is -0.472. The zero-order valence-electron chi connectivity index (χ0n) is 13.4. The van der Waals surface area contributed by atoms with Gasteiger partial charge in [-0.25, -0.2) is 9.97 Å². The molecule has 7 nitrogen and oxygen atoms in total. The molecular formula is C17H16ClN5O2. The smallest absolute Gasteiger partial charge is 0.253 e. The molecule has 1 aromatic carbocycles. The van der Waals surface area contributed by atoms with Crippen LogP contribution in [0.2, 0.25) is 5.02 Å². The molecule has 0 radical (unpaired) electrons. The number of benzene rings is 1. The van der Waals surface area contributed by atoms with E-state index in [1.165, 1.54) is 6.20 Å². The minimum absolute atomic E-state index is 0.0284. The van der Waals surface area contributed by atoms with Gasteiger partial charge in [0.15, 0.2) is 0 Å². The van der Waals surface area contributed by atoms with Crippen LogP contribution in [0.5, 0.6) is 0 Å². The van der Waals surface area contributed by atoms with Crippen molar-refractivity contribution in [2.45, 2.75) is 19.4 Å². The summed E-state index contributed by atoms with van der Waals surface area (Å²) in [4.78, 5) is 34.5. The van der Waals surface area contributed by atoms with Crippen LogP contribution in [0.15, 0.2) is 41.3 Å². The van der Waals surface area contributed by atoms with Gasteiger partial charge in [-0.3, -0.25) is 9.59 Å². The van der Waals surface area contributed by atoms with Crippen molar-refractivity contribution in [1.29, 1.82) is 0 Å². The maximum Gasteiger partial charge on any atom is 0.253 e. The second-order valence-corrected chi connectivity index (χ2v) is 6.05. The molecule has 2 heterocycles. The van der Waals surface area contributed by atoms with E-state index in [-0.39, 0.29) is 18.0 Å². The number of anilines is 1. The molecule has 1 atom stereocenters. The van der Waals surface area contributed by atoms with Gasteiger partial charge in [-0.15, -0.1) is 0 Å². The fraction of sp³-hybridized carbons (Fsp3) is 0.176. The largest absolute Gasteiger partial charge is 0.369 e. The van der Waals surface area contributed by atoms with Gasteiger partial charge < -0.3 is 16.0 Å². The number of carbonyl (C=O) groups excluding carboxylic acids is 1. The molecule has 0 aliphatic rings. The van der Waals surface area contributed by atoms with Crippen molar-refractivity contribution in [2.75, 3.05) is 5.32 Å². The average Bonchev–Trinajstić information content (AvgIpc) is 2.55. The monoisotopic (exact) mass is 357 g/mol. The van der Waals surface area contributed by atoms with Crippen LogP contribution >= 0.6 is 11.6 Å². The van der Waals surface area contributed by atoms with Crippen LogP contribution < -0.4 is 16.6 Å². The quantitative estimate of drug-likeness (QED) is 0.647. The summed E-state index contributed by atoms with van der Waals surface area (Å²) in [7, 11) is 0. The summed E-state index contributed by atoms with van der Waals surface area (Å²) in [5.41, 5.74) is 6.57. The van der Waals surface area contributed by atoms with Gasteiger partial charge in [-0.05, 0) is 25.1 Å². The Morgan fingerprint density at radius 3 is 2.96 bits per heavy atom. The molecule has 25 heavy (non-hydrogen) atoms. The van der Waals surface area contributed by atoms with Crippen molar-refractivity contribution in [1.82, 2.24) is 15.0 Å². The number of hydrogen-bond donors (Lipinski definition) is 3. The lowest BCUT2D eigenvalue weighted by Crippen LogP contribution is -2.21. The minimum Gasteiger partial charge on any atom is -0.369 e. The standard InChI is InChI=1S/C17H16ClN5O2/c1-9(21-17-20-6-5-11(22-17)8-14(19)24)12-7-10-3-2-4-13(18)15(10)23-16(12)25/h2-7,9H,8H2,1H3,(H2,19,24)(H,23,25)(H,20,21,22)/t9-/m0/s1. The Bertz CT molecular complexity index is 1000. The van der Waals surface area contributed by atoms with Crippen LogP contribution in [0.3, 0.4) is 0 Å². The number of nitrogens with two attached hydrogens (primary N) is 1. The number of carbonyl (C=O) groups is 1. The summed E-state index contributed by atoms with van der Waals surface area (Å²) in [6.45, 7) is 1.82. The zero-order valence-corrected chi connectivity index (χ0v) is 14.2. The number of fused-ring (bicyclic) bond motifs is 1. The van der Waals surface area contributed by atoms with Gasteiger partial charge in [-0.2, -0.15) is 0 Å². The molecule has 0 fully saturated rings. The molecular weight excluding hydrogens is 342 g/mol. The highest BCUT2D eigenvalue weighted by molar-refractivity contribution is 6.35. The van der Waals surface area contributed by atoms with Crippen LogP contribution in [-0.2, 0) is 11.2 Å². The van der Waals surface area contributed by atoms with Crippen LogP contribution in [0.25, 0.3) is 10.9 Å². The third kappa shape index (κ3) is 3.77. The van der Waals surface area contributed by atoms with E-state index in [0.717, 1.165) is 5.39 Å². The molecule has 0 unspecified atom stereocenters. The average molecular weight is 358 g/mol. The number of para-hydroxylation sites is 1. The molecule has 4 N–H and O–H groups in total. The predicted octanol–water partition coefficient (Wildman–Crippen LogP) is 2.17. The third-order valence-corrected chi connectivity index (χ3v) is 4.05. The lowest BCUT2D eigenvalue weighted by Gasteiger charge is -2.14. The Kier molecular flexibility index (Phi) is 4.67. The highest BCUT2D eigenvalue weighted by Gasteiger charge is 2.14. The fourth-order valence-electron chi connectivity index (χ4n) is 2.55. The molecule has 1 amide bonds. The number of rotatable bonds is 5. The molecule has 0 aliphatic heterocycles. The van der Waals surface area contributed by atoms with Crippen molar-refractivity contribution in [3.63, 3.8) is 0 Å². The molecule has 0 spiro atoms. The predicted molar refractivity (Wildman–Crippen MR) is 96.5 cm³/mol. The van der Waals surface area contributed by atoms with Gasteiger partial charge in [-0.1, -0.05) is 23.7 Å². The maximum atomic E-state index is 12.4. The number of nitrogens with one attached hydrogen (secondary N) is 2. The van der Waals surface area contributed by atoms with E-state index < -0.39 is 5.91 Å². The van der Waals surface area contributed by atoms with Crippen molar-refractivity contribution >= 4 is 34.4 Å². The lowest BCUT2D eigenvalue weighted by molar-refractivity contribution is -0.117. The van der Waals surface area contributed by atoms with E-state index in [0.29, 0.717) is 27.7 Å². The number of amides is 1. The second-order valence-electron chi connectivity index (χ2n) is 5.64. The summed E-state index contributed by atoms with van der Waals surface area (Å²) in [6.07, 6.45) is 1.56. The summed E-state index contributed by atoms with van der Waals surface area (Å²) < 4.78 is 0. The van der Waals surface area contributed by atoms with Crippen LogP contribution in [0.4, 0.5) is 5.95 Å². The van der Waals surface area contributed by atoms with Gasteiger partial charge in [0.05, 0.1) is 28.7 Å². The second kappa shape index (κ2) is 6.90. The van der Waals surface area contributed by atoms with E-state index in [1.54, 1.807) is 18.2 Å². The first-order valence-corrected chi connectivity index (χ1v) is 8.00. The summed E-state index contributed by atoms with van der Waals surface area (Å²) >= 11 is 6.11. The molecule has 8 heteroatoms. The number of halogens is 1. The van der Waals surface area contributed by atoms with E-state index >= 15 is 0 Å². The number of primary amides is 1. The lowest BCUT2D eigenvalue weighted by atomic mass is 10.1. The molecule has 0 saturated heterocycles. The summed E-state index contributed by atoms with van der Waals surface area (Å²) in [5, 5.41) is 4.39. The van der Waals surface area contributed by atoms with Gasteiger partial charge in [0.1, 0.15) is 0 Å². The highest BCUT2D eigenvalue weighted by Crippen LogP contribution is 2.23. The Morgan fingerprint density at radius 2 is 2.20 bits per heavy atom. The number of aromatic nitrogens is 3. The Labute approximate surface area is 148 Å². The first-order valence-electron chi connectivity index (χ1n) is 7.62. The van der Waals surface area contributed by atoms with E-state index in [1.807, 2.05) is 19.1 Å². The van der Waals surface area contributed by atoms with E-state index in [9.17, 15) is 9.59 Å². The number of nitrogens with zero attached hydrogens (tertiary/aromatic N) is 2. The van der Waals surface area contributed by atoms with Gasteiger partial charge in [0.2, 0.25) is 11.9 Å². The Hall–Kier alpha value is -2.93. The van der Waals surface area contributed by atoms with Gasteiger partial charge in [0, 0.05) is 17.1 Å². The molecule has 3 aromatic rings. The molecule has 3 rings (SSSR count). The number of hydrogen-bond acceptors (Lipinski definition) is 5. The summed E-state index contributed by atoms with van der Waals surface area (Å²) in [5.74, 6) is -0.155. The number of aromatic amines is 1. The van der Waals surface area contributed by atoms with E-state index in [4.69, 9.17) is 17.3 Å². The zero-order chi connectivity index (χ0) is 18.0. The van der Waals surface area contributed by atoms with Crippen molar-refractivity contribution in [3.8, 4) is 0 Å². The molecule has 128 valence electrons. The summed E-state index contributed by atoms with van der Waals surface area (Å²) in [6, 6.07) is 8.46. The fourth-order valence-corrected chi connectivity index (χ4v) is 2.78. The maximum absolute atomic E-state index is 12.4. The Morgan fingerprint density at radius 1 is 1.40 bits per heavy atom. The highest BCUT2D eigenvalue weighted by atomic mass is 35.5. The number of H-pyrrole nitrogens is 1. The molecule has 0 bridgehead atoms. The van der Waals surface area contributed by atoms with E-state index in [2.05, 4.69) is 20.3 Å². The van der Waals surface area contributed by atoms with Gasteiger partial charge in [0.25, 0.3) is 5.56 Å². The topological polar surface area (TPSA) is 114 Å². The molecule has 0 saturated carbocycles. The molecule has 0 aliphatic carbocycles. The first-order chi connectivity index (χ1) is 11.9. The van der Waals surface area contributed by atoms with Crippen molar-refractivity contribution in [2.24, 2.45) is 5.73 Å². The third-order valence-electron chi connectivity index (χ3n) is 3.74. The van der Waals surface area contributed by atoms with Crippen LogP contribution in [0.1, 0.15) is 24.2 Å². The van der Waals surface area contributed by atoms with Crippen LogP contribution in [-0.4, -0.2) is 20.9 Å². The normalized spacial score (nSPS) is 12.1. The first kappa shape index (κ1) is 16.9. The van der Waals surface area contributed by atoms with Crippen molar-refractivity contribution in [3.05, 3.63) is 63.2 Å². The number of pyridine rings is 1.